The largest absolute Gasteiger partial charge is 0.496 e. The van der Waals surface area contributed by atoms with E-state index in [1.54, 1.807) is 13.3 Å². The maximum absolute atomic E-state index is 13.0. The molecule has 6 nitrogen and oxygen atoms in total. The number of nitrogens with zero attached hydrogens (tertiary/aromatic N) is 2. The van der Waals surface area contributed by atoms with Gasteiger partial charge in [0.15, 0.2) is 0 Å². The van der Waals surface area contributed by atoms with E-state index in [4.69, 9.17) is 4.74 Å². The Morgan fingerprint density at radius 3 is 2.62 bits per heavy atom. The van der Waals surface area contributed by atoms with Gasteiger partial charge in [-0.2, -0.15) is 5.10 Å². The van der Waals surface area contributed by atoms with Crippen molar-refractivity contribution in [2.75, 3.05) is 31.6 Å². The van der Waals surface area contributed by atoms with Crippen LogP contribution in [0.1, 0.15) is 19.3 Å². The molecule has 2 N–H and O–H groups in total. The van der Waals surface area contributed by atoms with Crippen molar-refractivity contribution in [3.63, 3.8) is 0 Å². The Labute approximate surface area is 165 Å². The second-order valence-electron chi connectivity index (χ2n) is 6.61. The van der Waals surface area contributed by atoms with E-state index in [-0.39, 0.29) is 36.1 Å². The fourth-order valence-electron chi connectivity index (χ4n) is 3.92. The number of benzene rings is 1. The first-order chi connectivity index (χ1) is 11.7. The van der Waals surface area contributed by atoms with Gasteiger partial charge in [0.05, 0.1) is 18.7 Å². The van der Waals surface area contributed by atoms with Crippen LogP contribution in [0.3, 0.4) is 0 Å². The summed E-state index contributed by atoms with van der Waals surface area (Å²) in [5.41, 5.74) is 2.69. The molecule has 4 rings (SSSR count). The van der Waals surface area contributed by atoms with Crippen LogP contribution in [0, 0.1) is 5.41 Å². The predicted molar refractivity (Wildman–Crippen MR) is 107 cm³/mol. The molecule has 2 aromatic rings. The number of aromatic amines is 1. The smallest absolute Gasteiger partial charge is 0.233 e. The molecule has 1 spiro atoms. The molecule has 0 bridgehead atoms. The summed E-state index contributed by atoms with van der Waals surface area (Å²) in [6, 6.07) is 5.96. The Bertz CT molecular complexity index is 746. The first-order valence-electron chi connectivity index (χ1n) is 8.43. The van der Waals surface area contributed by atoms with Crippen LogP contribution in [0.2, 0.25) is 0 Å². The van der Waals surface area contributed by atoms with Gasteiger partial charge >= 0.3 is 0 Å². The molecule has 2 aliphatic rings. The molecule has 0 radical (unpaired) electrons. The molecule has 26 heavy (non-hydrogen) atoms. The van der Waals surface area contributed by atoms with Crippen molar-refractivity contribution in [3.8, 4) is 16.9 Å². The minimum absolute atomic E-state index is 0. The Hall–Kier alpha value is -1.76. The monoisotopic (exact) mass is 398 g/mol. The lowest BCUT2D eigenvalue weighted by Crippen LogP contribution is -2.42. The van der Waals surface area contributed by atoms with E-state index in [1.807, 2.05) is 29.3 Å². The molecule has 0 aliphatic carbocycles. The molecule has 8 heteroatoms. The molecule has 2 saturated heterocycles. The molecule has 142 valence electrons. The number of hydrogen-bond acceptors (Lipinski definition) is 4. The van der Waals surface area contributed by atoms with Crippen LogP contribution in [-0.2, 0) is 4.79 Å². The maximum Gasteiger partial charge on any atom is 0.233 e. The van der Waals surface area contributed by atoms with E-state index < -0.39 is 0 Å². The number of H-pyrrole nitrogens is 1. The number of amides is 1. The van der Waals surface area contributed by atoms with Crippen LogP contribution in [0.15, 0.2) is 30.6 Å². The third-order valence-corrected chi connectivity index (χ3v) is 5.38. The number of hydrogen-bond donors (Lipinski definition) is 2. The zero-order valence-electron chi connectivity index (χ0n) is 14.7. The number of rotatable bonds is 3. The van der Waals surface area contributed by atoms with Crippen molar-refractivity contribution < 1.29 is 9.53 Å². The van der Waals surface area contributed by atoms with Crippen molar-refractivity contribution in [3.05, 3.63) is 30.6 Å². The normalized spacial score (nSPS) is 18.3. The molecule has 3 heterocycles. The van der Waals surface area contributed by atoms with Crippen molar-refractivity contribution in [1.29, 1.82) is 0 Å². The van der Waals surface area contributed by atoms with E-state index in [2.05, 4.69) is 15.5 Å². The minimum atomic E-state index is -0.165. The highest BCUT2D eigenvalue weighted by atomic mass is 35.5. The van der Waals surface area contributed by atoms with Gasteiger partial charge in [0.25, 0.3) is 0 Å². The van der Waals surface area contributed by atoms with E-state index in [0.717, 1.165) is 61.5 Å². The quantitative estimate of drug-likeness (QED) is 0.833. The summed E-state index contributed by atoms with van der Waals surface area (Å²) in [4.78, 5) is 15.0. The Morgan fingerprint density at radius 2 is 1.96 bits per heavy atom. The standard InChI is InChI=1S/C18H22N4O2.2ClH/c1-24-16-10-14(2-3-15(16)13-11-20-21-12-13)22-9-6-18(17(22)23)4-7-19-8-5-18;;/h2-3,10-12,19H,4-9H2,1H3,(H,20,21);2*1H. The zero-order chi connectivity index (χ0) is 16.6. The molecule has 0 unspecified atom stereocenters. The van der Waals surface area contributed by atoms with Crippen molar-refractivity contribution in [1.82, 2.24) is 15.5 Å². The van der Waals surface area contributed by atoms with Gasteiger partial charge in [-0.3, -0.25) is 9.89 Å². The third kappa shape index (κ3) is 3.41. The van der Waals surface area contributed by atoms with E-state index in [9.17, 15) is 4.79 Å². The van der Waals surface area contributed by atoms with Gasteiger partial charge in [0.1, 0.15) is 5.75 Å². The number of halogens is 2. The number of anilines is 1. The lowest BCUT2D eigenvalue weighted by molar-refractivity contribution is -0.126. The summed E-state index contributed by atoms with van der Waals surface area (Å²) in [6.07, 6.45) is 6.42. The van der Waals surface area contributed by atoms with Gasteiger partial charge in [-0.25, -0.2) is 0 Å². The van der Waals surface area contributed by atoms with E-state index in [1.165, 1.54) is 0 Å². The lowest BCUT2D eigenvalue weighted by Gasteiger charge is -2.32. The average molecular weight is 399 g/mol. The second-order valence-corrected chi connectivity index (χ2v) is 6.61. The Morgan fingerprint density at radius 1 is 1.19 bits per heavy atom. The average Bonchev–Trinajstić information content (AvgIpc) is 3.25. The fraction of sp³-hybridized carbons (Fsp3) is 0.444. The van der Waals surface area contributed by atoms with Gasteiger partial charge in [0, 0.05) is 35.6 Å². The summed E-state index contributed by atoms with van der Waals surface area (Å²) in [6.45, 7) is 2.65. The highest BCUT2D eigenvalue weighted by Gasteiger charge is 2.47. The van der Waals surface area contributed by atoms with Gasteiger partial charge < -0.3 is 15.0 Å². The van der Waals surface area contributed by atoms with Crippen LogP contribution in [0.5, 0.6) is 5.75 Å². The summed E-state index contributed by atoms with van der Waals surface area (Å²) >= 11 is 0. The van der Waals surface area contributed by atoms with E-state index >= 15 is 0 Å². The third-order valence-electron chi connectivity index (χ3n) is 5.38. The molecule has 0 saturated carbocycles. The summed E-state index contributed by atoms with van der Waals surface area (Å²) in [5, 5.41) is 10.2. The van der Waals surface area contributed by atoms with Crippen molar-refractivity contribution in [2.24, 2.45) is 5.41 Å². The van der Waals surface area contributed by atoms with Crippen LogP contribution in [0.25, 0.3) is 11.1 Å². The molecule has 2 fully saturated rings. The van der Waals surface area contributed by atoms with Gasteiger partial charge in [-0.15, -0.1) is 24.8 Å². The number of piperidine rings is 1. The molecule has 1 aromatic heterocycles. The number of carbonyl (C=O) groups excluding carboxylic acids is 1. The first kappa shape index (κ1) is 20.6. The van der Waals surface area contributed by atoms with Gasteiger partial charge in [-0.1, -0.05) is 0 Å². The molecule has 1 amide bonds. The summed E-state index contributed by atoms with van der Waals surface area (Å²) in [5.74, 6) is 1.02. The number of carbonyl (C=O) groups is 1. The number of nitrogens with one attached hydrogen (secondary N) is 2. The summed E-state index contributed by atoms with van der Waals surface area (Å²) in [7, 11) is 1.66. The number of methoxy groups -OCH3 is 1. The molecule has 2 aliphatic heterocycles. The number of aromatic nitrogens is 2. The number of ether oxygens (including phenoxy) is 1. The molecule has 0 atom stereocenters. The SMILES string of the molecule is COc1cc(N2CCC3(CCNCC3)C2=O)ccc1-c1cn[nH]c1.Cl.Cl. The minimum Gasteiger partial charge on any atom is -0.496 e. The highest BCUT2D eigenvalue weighted by molar-refractivity contribution is 6.00. The van der Waals surface area contributed by atoms with Gasteiger partial charge in [0.2, 0.25) is 5.91 Å². The first-order valence-corrected chi connectivity index (χ1v) is 8.43. The van der Waals surface area contributed by atoms with Crippen molar-refractivity contribution >= 4 is 36.4 Å². The van der Waals surface area contributed by atoms with Crippen LogP contribution in [-0.4, -0.2) is 42.8 Å². The predicted octanol–water partition coefficient (Wildman–Crippen LogP) is 3.04. The van der Waals surface area contributed by atoms with Crippen LogP contribution in [0.4, 0.5) is 5.69 Å². The fourth-order valence-corrected chi connectivity index (χ4v) is 3.92. The Balaban J connectivity index is 0.00000121. The zero-order valence-corrected chi connectivity index (χ0v) is 16.3. The molecular formula is C18H24Cl2N4O2. The lowest BCUT2D eigenvalue weighted by atomic mass is 9.78. The molecule has 1 aromatic carbocycles. The Kier molecular flexibility index (Phi) is 6.55. The van der Waals surface area contributed by atoms with E-state index in [0.29, 0.717) is 0 Å². The van der Waals surface area contributed by atoms with Gasteiger partial charge in [-0.05, 0) is 44.5 Å². The maximum atomic E-state index is 13.0. The summed E-state index contributed by atoms with van der Waals surface area (Å²) < 4.78 is 5.55. The highest BCUT2D eigenvalue weighted by Crippen LogP contribution is 2.43. The van der Waals surface area contributed by atoms with Crippen LogP contribution >= 0.6 is 24.8 Å². The molecular weight excluding hydrogens is 375 g/mol. The van der Waals surface area contributed by atoms with Crippen LogP contribution < -0.4 is 15.0 Å². The second kappa shape index (κ2) is 8.29. The topological polar surface area (TPSA) is 70.2 Å². The van der Waals surface area contributed by atoms with Crippen molar-refractivity contribution in [2.45, 2.75) is 19.3 Å².